The van der Waals surface area contributed by atoms with Gasteiger partial charge in [0.05, 0.1) is 0 Å². The van der Waals surface area contributed by atoms with Crippen LogP contribution in [0.4, 0.5) is 0 Å². The van der Waals surface area contributed by atoms with E-state index in [0.29, 0.717) is 19.3 Å². The molecule has 0 spiro atoms. The standard InChI is InChI=1S/C17H30O3/c1-9-16(7,13(3)19)11-17(8,14(4)20)10-15(5,6)12(2)18/h9-11H2,1-8H3. The van der Waals surface area contributed by atoms with E-state index in [1.54, 1.807) is 20.8 Å². The zero-order valence-corrected chi connectivity index (χ0v) is 14.3. The molecular formula is C17H30O3. The van der Waals surface area contributed by atoms with Crippen molar-refractivity contribution in [1.82, 2.24) is 0 Å². The molecule has 0 aromatic heterocycles. The predicted octanol–water partition coefficient (Wildman–Crippen LogP) is 3.98. The average molecular weight is 282 g/mol. The zero-order valence-electron chi connectivity index (χ0n) is 14.3. The normalized spacial score (nSPS) is 18.0. The summed E-state index contributed by atoms with van der Waals surface area (Å²) < 4.78 is 0. The minimum absolute atomic E-state index is 0.0488. The highest BCUT2D eigenvalue weighted by atomic mass is 16.1. The lowest BCUT2D eigenvalue weighted by Gasteiger charge is -2.40. The summed E-state index contributed by atoms with van der Waals surface area (Å²) in [4.78, 5) is 35.8. The van der Waals surface area contributed by atoms with Crippen LogP contribution in [-0.2, 0) is 14.4 Å². The Balaban J connectivity index is 5.49. The number of Topliss-reactive ketones (excluding diaryl/α,β-unsaturated/α-hetero) is 3. The number of ketones is 3. The first-order valence-corrected chi connectivity index (χ1v) is 7.34. The van der Waals surface area contributed by atoms with E-state index in [1.807, 2.05) is 34.6 Å². The summed E-state index contributed by atoms with van der Waals surface area (Å²) in [6.45, 7) is 14.2. The molecule has 20 heavy (non-hydrogen) atoms. The van der Waals surface area contributed by atoms with Crippen LogP contribution in [0.5, 0.6) is 0 Å². The lowest BCUT2D eigenvalue weighted by atomic mass is 9.62. The second-order valence-corrected chi connectivity index (χ2v) is 7.38. The predicted molar refractivity (Wildman–Crippen MR) is 81.6 cm³/mol. The van der Waals surface area contributed by atoms with Gasteiger partial charge in [0, 0.05) is 16.2 Å². The Hall–Kier alpha value is -0.990. The molecule has 0 N–H and O–H groups in total. The largest absolute Gasteiger partial charge is 0.299 e. The van der Waals surface area contributed by atoms with Crippen molar-refractivity contribution in [3.8, 4) is 0 Å². The van der Waals surface area contributed by atoms with Gasteiger partial charge in [-0.2, -0.15) is 0 Å². The van der Waals surface area contributed by atoms with Gasteiger partial charge in [-0.3, -0.25) is 14.4 Å². The van der Waals surface area contributed by atoms with Crippen molar-refractivity contribution in [3.63, 3.8) is 0 Å². The monoisotopic (exact) mass is 282 g/mol. The molecule has 0 saturated heterocycles. The Kier molecular flexibility index (Phi) is 5.89. The van der Waals surface area contributed by atoms with Gasteiger partial charge in [-0.25, -0.2) is 0 Å². The average Bonchev–Trinajstić information content (AvgIpc) is 2.27. The molecule has 0 saturated carbocycles. The summed E-state index contributed by atoms with van der Waals surface area (Å²) in [5, 5.41) is 0. The van der Waals surface area contributed by atoms with Crippen LogP contribution in [0.1, 0.15) is 74.7 Å². The van der Waals surface area contributed by atoms with Gasteiger partial charge >= 0.3 is 0 Å². The Labute approximate surface area is 123 Å². The maximum absolute atomic E-state index is 12.2. The number of carbonyl (C=O) groups is 3. The molecule has 0 fully saturated rings. The SMILES string of the molecule is CCC(C)(CC(C)(CC(C)(C)C(C)=O)C(C)=O)C(C)=O. The van der Waals surface area contributed by atoms with Crippen LogP contribution in [0, 0.1) is 16.2 Å². The molecule has 2 unspecified atom stereocenters. The maximum Gasteiger partial charge on any atom is 0.135 e. The van der Waals surface area contributed by atoms with Crippen LogP contribution in [0.25, 0.3) is 0 Å². The second kappa shape index (κ2) is 6.19. The highest BCUT2D eigenvalue weighted by Gasteiger charge is 2.44. The van der Waals surface area contributed by atoms with Gasteiger partial charge in [0.25, 0.3) is 0 Å². The molecule has 0 rings (SSSR count). The van der Waals surface area contributed by atoms with Crippen LogP contribution in [0.2, 0.25) is 0 Å². The van der Waals surface area contributed by atoms with Crippen molar-refractivity contribution in [2.75, 3.05) is 0 Å². The summed E-state index contributed by atoms with van der Waals surface area (Å²) in [5.74, 6) is 0.229. The van der Waals surface area contributed by atoms with Crippen molar-refractivity contribution in [1.29, 1.82) is 0 Å². The van der Waals surface area contributed by atoms with E-state index < -0.39 is 16.2 Å². The van der Waals surface area contributed by atoms with Crippen LogP contribution in [-0.4, -0.2) is 17.3 Å². The van der Waals surface area contributed by atoms with Crippen molar-refractivity contribution < 1.29 is 14.4 Å². The molecule has 0 aromatic rings. The molecule has 116 valence electrons. The molecule has 0 amide bonds. The quantitative estimate of drug-likeness (QED) is 0.676. The lowest BCUT2D eigenvalue weighted by Crippen LogP contribution is -2.41. The minimum Gasteiger partial charge on any atom is -0.299 e. The van der Waals surface area contributed by atoms with Crippen LogP contribution in [0.3, 0.4) is 0 Å². The Morgan fingerprint density at radius 1 is 0.700 bits per heavy atom. The van der Waals surface area contributed by atoms with Crippen molar-refractivity contribution in [2.45, 2.75) is 74.7 Å². The number of carbonyl (C=O) groups excluding carboxylic acids is 3. The van der Waals surface area contributed by atoms with E-state index in [0.717, 1.165) is 0 Å². The number of hydrogen-bond donors (Lipinski definition) is 0. The molecular weight excluding hydrogens is 252 g/mol. The first-order chi connectivity index (χ1) is 8.81. The van der Waals surface area contributed by atoms with E-state index >= 15 is 0 Å². The lowest BCUT2D eigenvalue weighted by molar-refractivity contribution is -0.136. The topological polar surface area (TPSA) is 51.2 Å². The molecule has 0 bridgehead atoms. The Morgan fingerprint density at radius 3 is 1.35 bits per heavy atom. The highest BCUT2D eigenvalue weighted by molar-refractivity contribution is 5.87. The molecule has 0 aliphatic rings. The van der Waals surface area contributed by atoms with Gasteiger partial charge in [-0.05, 0) is 40.0 Å². The van der Waals surface area contributed by atoms with Gasteiger partial charge in [0.2, 0.25) is 0 Å². The van der Waals surface area contributed by atoms with E-state index in [9.17, 15) is 14.4 Å². The van der Waals surface area contributed by atoms with Crippen LogP contribution < -0.4 is 0 Å². The molecule has 0 aliphatic carbocycles. The third-order valence-electron chi connectivity index (χ3n) is 5.05. The van der Waals surface area contributed by atoms with Crippen molar-refractivity contribution in [3.05, 3.63) is 0 Å². The van der Waals surface area contributed by atoms with Gasteiger partial charge in [0.1, 0.15) is 17.3 Å². The van der Waals surface area contributed by atoms with E-state index in [1.165, 1.54) is 0 Å². The summed E-state index contributed by atoms with van der Waals surface area (Å²) in [6, 6.07) is 0. The van der Waals surface area contributed by atoms with Crippen molar-refractivity contribution >= 4 is 17.3 Å². The first-order valence-electron chi connectivity index (χ1n) is 7.34. The third-order valence-corrected chi connectivity index (χ3v) is 5.05. The number of hydrogen-bond acceptors (Lipinski definition) is 3. The van der Waals surface area contributed by atoms with Crippen LogP contribution in [0.15, 0.2) is 0 Å². The fourth-order valence-corrected chi connectivity index (χ4v) is 2.77. The minimum atomic E-state index is -0.647. The molecule has 3 heteroatoms. The molecule has 0 heterocycles. The van der Waals surface area contributed by atoms with Gasteiger partial charge in [0.15, 0.2) is 0 Å². The van der Waals surface area contributed by atoms with E-state index in [2.05, 4.69) is 0 Å². The molecule has 0 aliphatic heterocycles. The highest BCUT2D eigenvalue weighted by Crippen LogP contribution is 2.45. The summed E-state index contributed by atoms with van der Waals surface area (Å²) in [6.07, 6.45) is 1.68. The molecule has 2 atom stereocenters. The fourth-order valence-electron chi connectivity index (χ4n) is 2.77. The Bertz CT molecular complexity index is 408. The van der Waals surface area contributed by atoms with Gasteiger partial charge in [-0.1, -0.05) is 34.6 Å². The summed E-state index contributed by atoms with van der Waals surface area (Å²) >= 11 is 0. The van der Waals surface area contributed by atoms with Crippen LogP contribution >= 0.6 is 0 Å². The number of rotatable bonds is 8. The third kappa shape index (κ3) is 4.26. The zero-order chi connectivity index (χ0) is 16.4. The van der Waals surface area contributed by atoms with E-state index in [4.69, 9.17) is 0 Å². The fraction of sp³-hybridized carbons (Fsp3) is 0.824. The van der Waals surface area contributed by atoms with E-state index in [-0.39, 0.29) is 17.3 Å². The summed E-state index contributed by atoms with van der Waals surface area (Å²) in [7, 11) is 0. The van der Waals surface area contributed by atoms with Crippen molar-refractivity contribution in [2.24, 2.45) is 16.2 Å². The molecule has 0 aromatic carbocycles. The molecule has 3 nitrogen and oxygen atoms in total. The summed E-state index contributed by atoms with van der Waals surface area (Å²) in [5.41, 5.74) is -1.70. The van der Waals surface area contributed by atoms with Gasteiger partial charge in [-0.15, -0.1) is 0 Å². The molecule has 0 radical (unpaired) electrons. The second-order valence-electron chi connectivity index (χ2n) is 7.38. The Morgan fingerprint density at radius 2 is 1.10 bits per heavy atom. The van der Waals surface area contributed by atoms with Gasteiger partial charge < -0.3 is 0 Å². The smallest absolute Gasteiger partial charge is 0.135 e. The first kappa shape index (κ1) is 19.0. The maximum atomic E-state index is 12.2.